The topological polar surface area (TPSA) is 52.3 Å². The largest absolute Gasteiger partial charge is 0.357 e. The molecule has 0 bridgehead atoms. The van der Waals surface area contributed by atoms with Crippen LogP contribution in [0.25, 0.3) is 0 Å². The van der Waals surface area contributed by atoms with Crippen molar-refractivity contribution < 1.29 is 9.30 Å². The highest BCUT2D eigenvalue weighted by atomic mass is 31.2. The minimum Gasteiger partial charge on any atom is -0.357 e. The minimum absolute atomic E-state index is 0.583. The highest BCUT2D eigenvalue weighted by Gasteiger charge is 2.25. The summed E-state index contributed by atoms with van der Waals surface area (Å²) in [6.07, 6.45) is 6.13. The Morgan fingerprint density at radius 2 is 2.29 bits per heavy atom. The molecule has 2 N–H and O–H groups in total. The van der Waals surface area contributed by atoms with Crippen molar-refractivity contribution in [3.63, 3.8) is 0 Å². The molecule has 1 aliphatic rings. The van der Waals surface area contributed by atoms with Crippen LogP contribution in [0, 0.1) is 0 Å². The quantitative estimate of drug-likeness (QED) is 0.579. The maximum atomic E-state index is 11.7. The Balaban J connectivity index is 2.76. The average molecular weight is 215 g/mol. The summed E-state index contributed by atoms with van der Waals surface area (Å²) < 4.78 is 17.1. The van der Waals surface area contributed by atoms with Gasteiger partial charge in [0.15, 0.2) is 0 Å². The third-order valence-electron chi connectivity index (χ3n) is 2.20. The van der Waals surface area contributed by atoms with Crippen LogP contribution in [0.15, 0.2) is 23.5 Å². The van der Waals surface area contributed by atoms with Crippen LogP contribution in [0.2, 0.25) is 0 Å². The highest BCUT2D eigenvalue weighted by Crippen LogP contribution is 2.48. The molecule has 0 fully saturated rings. The van der Waals surface area contributed by atoms with Gasteiger partial charge in [0.1, 0.15) is 12.9 Å². The van der Waals surface area contributed by atoms with Gasteiger partial charge in [-0.1, -0.05) is 12.2 Å². The zero-order valence-corrected chi connectivity index (χ0v) is 9.88. The monoisotopic (exact) mass is 215 g/mol. The van der Waals surface area contributed by atoms with Gasteiger partial charge in [-0.2, -0.15) is 0 Å². The second-order valence-corrected chi connectivity index (χ2v) is 7.12. The van der Waals surface area contributed by atoms with Crippen LogP contribution in [-0.2, 0) is 9.30 Å². The minimum atomic E-state index is -2.15. The Morgan fingerprint density at radius 3 is 2.64 bits per heavy atom. The molecule has 1 rings (SSSR count). The molecule has 1 aliphatic carbocycles. The zero-order valence-electron chi connectivity index (χ0n) is 8.99. The molecular weight excluding hydrogens is 197 g/mol. The summed E-state index contributed by atoms with van der Waals surface area (Å²) in [6, 6.07) is 0. The predicted octanol–water partition coefficient (Wildman–Crippen LogP) is 2.14. The maximum absolute atomic E-state index is 11.7. The van der Waals surface area contributed by atoms with Gasteiger partial charge in [0.2, 0.25) is 0 Å². The smallest absolute Gasteiger partial charge is 0.139 e. The number of rotatable bonds is 3. The third kappa shape index (κ3) is 2.81. The van der Waals surface area contributed by atoms with E-state index in [0.29, 0.717) is 13.0 Å². The number of nitrogens with two attached hydrogens (primary N) is 1. The van der Waals surface area contributed by atoms with Crippen molar-refractivity contribution in [1.29, 1.82) is 0 Å². The van der Waals surface area contributed by atoms with E-state index in [0.717, 1.165) is 5.31 Å². The Morgan fingerprint density at radius 1 is 1.64 bits per heavy atom. The van der Waals surface area contributed by atoms with Crippen molar-refractivity contribution in [2.24, 2.45) is 5.73 Å². The summed E-state index contributed by atoms with van der Waals surface area (Å²) >= 11 is 0. The first kappa shape index (κ1) is 11.7. The van der Waals surface area contributed by atoms with Gasteiger partial charge in [0, 0.05) is 18.3 Å². The first-order chi connectivity index (χ1) is 6.37. The number of hydrogen-bond donors (Lipinski definition) is 1. The highest BCUT2D eigenvalue weighted by molar-refractivity contribution is 7.66. The second kappa shape index (κ2) is 4.01. The Hall–Kier alpha value is -0.370. The molecule has 1 atom stereocenters. The molecular formula is C10H18NO2P. The van der Waals surface area contributed by atoms with Crippen molar-refractivity contribution in [2.75, 3.05) is 19.9 Å². The lowest BCUT2D eigenvalue weighted by Gasteiger charge is -2.28. The molecule has 0 aromatic carbocycles. The summed E-state index contributed by atoms with van der Waals surface area (Å²) in [4.78, 5) is 0. The molecule has 0 aromatic rings. The van der Waals surface area contributed by atoms with Gasteiger partial charge in [-0.05, 0) is 26.3 Å². The second-order valence-electron chi connectivity index (χ2n) is 3.91. The van der Waals surface area contributed by atoms with E-state index >= 15 is 0 Å². The molecule has 0 heterocycles. The zero-order chi connectivity index (χ0) is 10.8. The lowest BCUT2D eigenvalue weighted by atomic mass is 10.1. The molecule has 0 amide bonds. The van der Waals surface area contributed by atoms with Gasteiger partial charge < -0.3 is 9.30 Å². The molecule has 0 radical (unpaired) electrons. The Kier molecular flexibility index (Phi) is 3.36. The van der Waals surface area contributed by atoms with Crippen LogP contribution >= 0.6 is 7.14 Å². The van der Waals surface area contributed by atoms with E-state index in [1.165, 1.54) is 0 Å². The third-order valence-corrected chi connectivity index (χ3v) is 3.78. The molecule has 3 nitrogen and oxygen atoms in total. The molecule has 14 heavy (non-hydrogen) atoms. The molecule has 0 aliphatic heterocycles. The summed E-state index contributed by atoms with van der Waals surface area (Å²) in [6.45, 7) is 6.01. The van der Waals surface area contributed by atoms with Gasteiger partial charge in [-0.25, -0.2) is 0 Å². The molecule has 0 saturated carbocycles. The van der Waals surface area contributed by atoms with Crippen molar-refractivity contribution >= 4 is 7.14 Å². The molecule has 0 saturated heterocycles. The van der Waals surface area contributed by atoms with Crippen LogP contribution in [0.3, 0.4) is 0 Å². The van der Waals surface area contributed by atoms with Crippen molar-refractivity contribution in [3.05, 3.63) is 23.5 Å². The fourth-order valence-corrected chi connectivity index (χ4v) is 2.37. The van der Waals surface area contributed by atoms with Crippen LogP contribution in [0.4, 0.5) is 0 Å². The van der Waals surface area contributed by atoms with Gasteiger partial charge in [-0.15, -0.1) is 0 Å². The van der Waals surface area contributed by atoms with Crippen LogP contribution < -0.4 is 5.73 Å². The lowest BCUT2D eigenvalue weighted by Crippen LogP contribution is -2.41. The summed E-state index contributed by atoms with van der Waals surface area (Å²) in [7, 11) is -2.15. The fourth-order valence-electron chi connectivity index (χ4n) is 1.40. The fraction of sp³-hybridized carbons (Fsp3) is 0.600. The van der Waals surface area contributed by atoms with Crippen LogP contribution in [-0.4, -0.2) is 25.7 Å². The van der Waals surface area contributed by atoms with Gasteiger partial charge >= 0.3 is 0 Å². The standard InChI is InChI=1S/C10H18NO2P/c1-4-13-10(11)7-5-9(6-8-10)14(2,3)12/h5-7H,4,8,11H2,1-3H3. The molecule has 1 unspecified atom stereocenters. The molecule has 4 heteroatoms. The Labute approximate surface area is 85.4 Å². The number of ether oxygens (including phenoxy) is 1. The van der Waals surface area contributed by atoms with Crippen molar-refractivity contribution in [3.8, 4) is 0 Å². The van der Waals surface area contributed by atoms with E-state index < -0.39 is 12.9 Å². The van der Waals surface area contributed by atoms with Crippen LogP contribution in [0.1, 0.15) is 13.3 Å². The van der Waals surface area contributed by atoms with E-state index in [1.807, 2.05) is 19.1 Å². The van der Waals surface area contributed by atoms with Gasteiger partial charge in [-0.3, -0.25) is 5.73 Å². The molecule has 80 valence electrons. The van der Waals surface area contributed by atoms with Gasteiger partial charge in [0.25, 0.3) is 0 Å². The first-order valence-electron chi connectivity index (χ1n) is 4.75. The van der Waals surface area contributed by atoms with E-state index in [-0.39, 0.29) is 0 Å². The predicted molar refractivity (Wildman–Crippen MR) is 59.8 cm³/mol. The SMILES string of the molecule is CCOC1(N)C=CC(P(C)(C)=O)=CC1. The molecule has 0 aromatic heterocycles. The number of allylic oxidation sites excluding steroid dienone is 2. The van der Waals surface area contributed by atoms with E-state index in [4.69, 9.17) is 10.5 Å². The van der Waals surface area contributed by atoms with Crippen molar-refractivity contribution in [1.82, 2.24) is 0 Å². The summed E-state index contributed by atoms with van der Waals surface area (Å²) in [5.74, 6) is 0. The maximum Gasteiger partial charge on any atom is 0.139 e. The summed E-state index contributed by atoms with van der Waals surface area (Å²) in [5, 5.41) is 0.887. The first-order valence-corrected chi connectivity index (χ1v) is 7.35. The lowest BCUT2D eigenvalue weighted by molar-refractivity contribution is 0.00547. The van der Waals surface area contributed by atoms with E-state index in [9.17, 15) is 4.57 Å². The average Bonchev–Trinajstić information content (AvgIpc) is 2.03. The van der Waals surface area contributed by atoms with E-state index in [2.05, 4.69) is 0 Å². The van der Waals surface area contributed by atoms with Crippen LogP contribution in [0.5, 0.6) is 0 Å². The Bertz CT molecular complexity index is 316. The molecule has 0 spiro atoms. The van der Waals surface area contributed by atoms with Crippen molar-refractivity contribution in [2.45, 2.75) is 19.1 Å². The summed E-state index contributed by atoms with van der Waals surface area (Å²) in [5.41, 5.74) is 5.23. The number of hydrogen-bond acceptors (Lipinski definition) is 3. The van der Waals surface area contributed by atoms with E-state index in [1.54, 1.807) is 19.4 Å². The normalized spacial score (nSPS) is 27.6. The van der Waals surface area contributed by atoms with Gasteiger partial charge in [0.05, 0.1) is 0 Å².